The van der Waals surface area contributed by atoms with Crippen LogP contribution in [-0.2, 0) is 9.53 Å². The summed E-state index contributed by atoms with van der Waals surface area (Å²) >= 11 is 0. The Kier molecular flexibility index (Phi) is 7.40. The molecule has 138 valence electrons. The smallest absolute Gasteiger partial charge is 0.310 e. The number of carbonyl (C=O) groups is 2. The van der Waals surface area contributed by atoms with E-state index in [1.807, 2.05) is 0 Å². The number of piperidine rings is 1. The molecule has 0 spiro atoms. The number of nitrogens with zero attached hydrogens (tertiary/aromatic N) is 1. The molecule has 0 aliphatic carbocycles. The maximum Gasteiger partial charge on any atom is 0.310 e. The molecule has 0 saturated carbocycles. The predicted molar refractivity (Wildman–Crippen MR) is 93.7 cm³/mol. The second-order valence-corrected chi connectivity index (χ2v) is 6.37. The van der Waals surface area contributed by atoms with Crippen molar-refractivity contribution in [3.8, 4) is 5.75 Å². The first kappa shape index (κ1) is 19.4. The number of ether oxygens (including phenoxy) is 2. The van der Waals surface area contributed by atoms with Crippen LogP contribution >= 0.6 is 0 Å². The Hall–Kier alpha value is -1.92. The van der Waals surface area contributed by atoms with Crippen molar-refractivity contribution in [2.45, 2.75) is 32.8 Å². The highest BCUT2D eigenvalue weighted by atomic mass is 16.5. The van der Waals surface area contributed by atoms with Crippen LogP contribution in [0, 0.1) is 5.92 Å². The molecule has 1 aliphatic rings. The minimum absolute atomic E-state index is 0.0709. The van der Waals surface area contributed by atoms with Crippen molar-refractivity contribution in [2.75, 3.05) is 32.8 Å². The summed E-state index contributed by atoms with van der Waals surface area (Å²) in [5, 5.41) is 10.3. The molecule has 0 amide bonds. The van der Waals surface area contributed by atoms with Gasteiger partial charge in [-0.15, -0.1) is 0 Å². The first-order valence-electron chi connectivity index (χ1n) is 8.81. The number of ketones is 1. The molecular weight excluding hydrogens is 322 g/mol. The zero-order valence-corrected chi connectivity index (χ0v) is 14.9. The quantitative estimate of drug-likeness (QED) is 0.571. The maximum absolute atomic E-state index is 11.9. The molecule has 0 aromatic heterocycles. The molecule has 0 unspecified atom stereocenters. The molecule has 1 N–H and O–H groups in total. The lowest BCUT2D eigenvalue weighted by Crippen LogP contribution is -2.44. The number of esters is 1. The van der Waals surface area contributed by atoms with Crippen LogP contribution in [0.5, 0.6) is 5.75 Å². The second-order valence-electron chi connectivity index (χ2n) is 6.37. The van der Waals surface area contributed by atoms with Gasteiger partial charge in [0, 0.05) is 13.1 Å². The topological polar surface area (TPSA) is 76.1 Å². The van der Waals surface area contributed by atoms with E-state index in [-0.39, 0.29) is 24.3 Å². The SMILES string of the molecule is CCOC(=O)[C@@H]1CCCN(C[C@H](O)COc2ccccc2C(C)=O)C1. The Labute approximate surface area is 148 Å². The molecular formula is C19H27NO5. The van der Waals surface area contributed by atoms with E-state index >= 15 is 0 Å². The van der Waals surface area contributed by atoms with E-state index < -0.39 is 6.10 Å². The summed E-state index contributed by atoms with van der Waals surface area (Å²) in [5.41, 5.74) is 0.509. The van der Waals surface area contributed by atoms with Crippen LogP contribution in [0.4, 0.5) is 0 Å². The number of hydrogen-bond donors (Lipinski definition) is 1. The van der Waals surface area contributed by atoms with Gasteiger partial charge in [-0.25, -0.2) is 0 Å². The van der Waals surface area contributed by atoms with Crippen molar-refractivity contribution in [3.05, 3.63) is 29.8 Å². The summed E-state index contributed by atoms with van der Waals surface area (Å²) in [5.74, 6) is 0.129. The Morgan fingerprint density at radius 1 is 1.36 bits per heavy atom. The molecule has 0 bridgehead atoms. The van der Waals surface area contributed by atoms with Crippen LogP contribution in [0.1, 0.15) is 37.0 Å². The van der Waals surface area contributed by atoms with Crippen molar-refractivity contribution < 1.29 is 24.2 Å². The minimum Gasteiger partial charge on any atom is -0.490 e. The fraction of sp³-hybridized carbons (Fsp3) is 0.579. The summed E-state index contributed by atoms with van der Waals surface area (Å²) < 4.78 is 10.7. The van der Waals surface area contributed by atoms with Gasteiger partial charge < -0.3 is 14.6 Å². The lowest BCUT2D eigenvalue weighted by molar-refractivity contribution is -0.150. The van der Waals surface area contributed by atoms with E-state index in [1.54, 1.807) is 31.2 Å². The van der Waals surface area contributed by atoms with Gasteiger partial charge in [-0.1, -0.05) is 12.1 Å². The summed E-state index contributed by atoms with van der Waals surface area (Å²) in [6.07, 6.45) is 1.04. The van der Waals surface area contributed by atoms with Gasteiger partial charge in [0.15, 0.2) is 5.78 Å². The van der Waals surface area contributed by atoms with Gasteiger partial charge in [-0.05, 0) is 45.4 Å². The molecule has 1 saturated heterocycles. The molecule has 25 heavy (non-hydrogen) atoms. The van der Waals surface area contributed by atoms with E-state index in [0.717, 1.165) is 19.4 Å². The zero-order chi connectivity index (χ0) is 18.2. The normalized spacial score (nSPS) is 19.2. The number of carbonyl (C=O) groups excluding carboxylic acids is 2. The Balaban J connectivity index is 1.83. The van der Waals surface area contributed by atoms with Crippen molar-refractivity contribution in [2.24, 2.45) is 5.92 Å². The van der Waals surface area contributed by atoms with E-state index in [4.69, 9.17) is 9.47 Å². The number of Topliss-reactive ketones (excluding diaryl/α,β-unsaturated/α-hetero) is 1. The predicted octanol–water partition coefficient (Wildman–Crippen LogP) is 1.90. The van der Waals surface area contributed by atoms with E-state index in [0.29, 0.717) is 31.0 Å². The molecule has 2 rings (SSSR count). The Morgan fingerprint density at radius 2 is 2.12 bits per heavy atom. The molecule has 6 nitrogen and oxygen atoms in total. The number of β-amino-alcohol motifs (C(OH)–C–C–N with tert-alkyl or cyclic N) is 1. The highest BCUT2D eigenvalue weighted by Crippen LogP contribution is 2.20. The third kappa shape index (κ3) is 5.83. The van der Waals surface area contributed by atoms with E-state index in [9.17, 15) is 14.7 Å². The van der Waals surface area contributed by atoms with Gasteiger partial charge in [0.25, 0.3) is 0 Å². The average Bonchev–Trinajstić information content (AvgIpc) is 2.60. The number of benzene rings is 1. The number of rotatable bonds is 8. The molecule has 1 heterocycles. The lowest BCUT2D eigenvalue weighted by atomic mass is 9.98. The standard InChI is InChI=1S/C19H27NO5/c1-3-24-19(23)15-7-6-10-20(11-15)12-16(22)13-25-18-9-5-4-8-17(18)14(2)21/h4-5,8-9,15-16,22H,3,6-7,10-13H2,1-2H3/t15-,16+/m1/s1. The molecule has 1 aromatic carbocycles. The molecule has 0 radical (unpaired) electrons. The zero-order valence-electron chi connectivity index (χ0n) is 14.9. The van der Waals surface area contributed by atoms with Gasteiger partial charge in [0.1, 0.15) is 18.5 Å². The third-order valence-corrected chi connectivity index (χ3v) is 4.29. The van der Waals surface area contributed by atoms with E-state index in [2.05, 4.69) is 4.90 Å². The fourth-order valence-corrected chi connectivity index (χ4v) is 3.09. The second kappa shape index (κ2) is 9.53. The van der Waals surface area contributed by atoms with Crippen LogP contribution < -0.4 is 4.74 Å². The van der Waals surface area contributed by atoms with Gasteiger partial charge in [-0.3, -0.25) is 14.5 Å². The first-order chi connectivity index (χ1) is 12.0. The molecule has 1 aromatic rings. The van der Waals surface area contributed by atoms with Crippen LogP contribution in [0.25, 0.3) is 0 Å². The first-order valence-corrected chi connectivity index (χ1v) is 8.81. The molecule has 1 fully saturated rings. The van der Waals surface area contributed by atoms with Gasteiger partial charge in [0.2, 0.25) is 0 Å². The molecule has 2 atom stereocenters. The lowest BCUT2D eigenvalue weighted by Gasteiger charge is -2.32. The fourth-order valence-electron chi connectivity index (χ4n) is 3.09. The largest absolute Gasteiger partial charge is 0.490 e. The van der Waals surface area contributed by atoms with Crippen LogP contribution in [0.15, 0.2) is 24.3 Å². The highest BCUT2D eigenvalue weighted by molar-refractivity contribution is 5.96. The summed E-state index contributed by atoms with van der Waals surface area (Å²) in [4.78, 5) is 25.5. The van der Waals surface area contributed by atoms with Crippen LogP contribution in [-0.4, -0.2) is 60.7 Å². The number of hydrogen-bond acceptors (Lipinski definition) is 6. The Morgan fingerprint density at radius 3 is 2.84 bits per heavy atom. The number of likely N-dealkylation sites (tertiary alicyclic amines) is 1. The minimum atomic E-state index is -0.694. The van der Waals surface area contributed by atoms with Gasteiger partial charge in [0.05, 0.1) is 18.1 Å². The molecule has 1 aliphatic heterocycles. The Bertz CT molecular complexity index is 589. The van der Waals surface area contributed by atoms with Crippen LogP contribution in [0.2, 0.25) is 0 Å². The third-order valence-electron chi connectivity index (χ3n) is 4.29. The van der Waals surface area contributed by atoms with Crippen molar-refractivity contribution in [1.82, 2.24) is 4.90 Å². The highest BCUT2D eigenvalue weighted by Gasteiger charge is 2.27. The van der Waals surface area contributed by atoms with Crippen molar-refractivity contribution >= 4 is 11.8 Å². The number of aliphatic hydroxyl groups is 1. The van der Waals surface area contributed by atoms with Gasteiger partial charge >= 0.3 is 5.97 Å². The number of para-hydroxylation sites is 1. The monoisotopic (exact) mass is 349 g/mol. The number of aliphatic hydroxyl groups excluding tert-OH is 1. The van der Waals surface area contributed by atoms with E-state index in [1.165, 1.54) is 6.92 Å². The maximum atomic E-state index is 11.9. The van der Waals surface area contributed by atoms with Crippen LogP contribution in [0.3, 0.4) is 0 Å². The molecule has 6 heteroatoms. The summed E-state index contributed by atoms with van der Waals surface area (Å²) in [7, 11) is 0. The van der Waals surface area contributed by atoms with Crippen molar-refractivity contribution in [3.63, 3.8) is 0 Å². The van der Waals surface area contributed by atoms with Gasteiger partial charge in [-0.2, -0.15) is 0 Å². The average molecular weight is 349 g/mol. The summed E-state index contributed by atoms with van der Waals surface area (Å²) in [6, 6.07) is 7.01. The summed E-state index contributed by atoms with van der Waals surface area (Å²) in [6.45, 7) is 5.65. The van der Waals surface area contributed by atoms with Crippen molar-refractivity contribution in [1.29, 1.82) is 0 Å².